The Hall–Kier alpha value is -1.31. The Bertz CT molecular complexity index is 910. The summed E-state index contributed by atoms with van der Waals surface area (Å²) in [5.41, 5.74) is -1.97. The number of alkyl halides is 1. The van der Waals surface area contributed by atoms with Crippen LogP contribution in [0.1, 0.15) is 59.8 Å². The molecular formula is C29H44FNO5. The van der Waals surface area contributed by atoms with E-state index in [0.717, 1.165) is 32.0 Å². The maximum absolute atomic E-state index is 13.6. The van der Waals surface area contributed by atoms with E-state index in [4.69, 9.17) is 9.47 Å². The number of aliphatic carboxylic acids is 1. The van der Waals surface area contributed by atoms with E-state index in [0.29, 0.717) is 50.1 Å². The summed E-state index contributed by atoms with van der Waals surface area (Å²) >= 11 is 0. The van der Waals surface area contributed by atoms with Crippen molar-refractivity contribution in [3.63, 3.8) is 0 Å². The molecule has 0 aromatic heterocycles. The van der Waals surface area contributed by atoms with Crippen molar-refractivity contribution in [2.45, 2.75) is 72.2 Å². The molecule has 4 saturated carbocycles. The van der Waals surface area contributed by atoms with Crippen LogP contribution in [0.25, 0.3) is 0 Å². The van der Waals surface area contributed by atoms with Gasteiger partial charge in [0.2, 0.25) is 0 Å². The molecule has 0 amide bonds. The van der Waals surface area contributed by atoms with Crippen LogP contribution in [0.15, 0.2) is 12.2 Å². The van der Waals surface area contributed by atoms with E-state index in [1.54, 1.807) is 0 Å². The van der Waals surface area contributed by atoms with E-state index in [-0.39, 0.29) is 29.8 Å². The number of carboxylic acid groups (broad SMARTS) is 1. The number of morpholine rings is 1. The smallest absolute Gasteiger partial charge is 0.311 e. The van der Waals surface area contributed by atoms with Gasteiger partial charge in [0.15, 0.2) is 6.29 Å². The molecule has 0 radical (unpaired) electrons. The van der Waals surface area contributed by atoms with E-state index >= 15 is 0 Å². The Labute approximate surface area is 215 Å². The van der Waals surface area contributed by atoms with Crippen LogP contribution in [0.2, 0.25) is 0 Å². The molecule has 10 atom stereocenters. The number of aldehydes is 1. The van der Waals surface area contributed by atoms with E-state index < -0.39 is 35.2 Å². The number of halogens is 1. The molecule has 1 saturated heterocycles. The molecule has 1 N–H and O–H groups in total. The summed E-state index contributed by atoms with van der Waals surface area (Å²) in [5, 5.41) is 11.1. The molecule has 0 spiro atoms. The predicted molar refractivity (Wildman–Crippen MR) is 134 cm³/mol. The van der Waals surface area contributed by atoms with Crippen LogP contribution >= 0.6 is 0 Å². The van der Waals surface area contributed by atoms with Gasteiger partial charge >= 0.3 is 5.97 Å². The monoisotopic (exact) mass is 505 g/mol. The first-order chi connectivity index (χ1) is 17.1. The summed E-state index contributed by atoms with van der Waals surface area (Å²) in [6.07, 6.45) is 4.85. The highest BCUT2D eigenvalue weighted by atomic mass is 19.1. The first kappa shape index (κ1) is 26.3. The number of hydrogen-bond donors (Lipinski definition) is 1. The first-order valence-corrected chi connectivity index (χ1v) is 14.0. The SMILES string of the molecule is C=C(CF)CN1C[C@H](OC[C@@]23C[C@@H]4[C@H](C)CC[C@H]4[C@@]4(C=O)C[C@@H]2CC(C(C)C)[C@@]34C(=O)O)O[C@H](C)C1. The maximum Gasteiger partial charge on any atom is 0.311 e. The van der Waals surface area contributed by atoms with Crippen molar-refractivity contribution in [1.82, 2.24) is 4.90 Å². The van der Waals surface area contributed by atoms with Crippen molar-refractivity contribution in [3.8, 4) is 0 Å². The third-order valence-electron chi connectivity index (χ3n) is 11.2. The molecule has 1 aliphatic heterocycles. The normalized spacial score (nSPS) is 47.8. The lowest BCUT2D eigenvalue weighted by Gasteiger charge is -2.59. The molecule has 7 heteroatoms. The zero-order valence-electron chi connectivity index (χ0n) is 22.4. The lowest BCUT2D eigenvalue weighted by atomic mass is 9.42. The molecule has 6 nitrogen and oxygen atoms in total. The first-order valence-electron chi connectivity index (χ1n) is 14.0. The van der Waals surface area contributed by atoms with Gasteiger partial charge in [-0.3, -0.25) is 9.69 Å². The Morgan fingerprint density at radius 2 is 2.03 bits per heavy atom. The fourth-order valence-electron chi connectivity index (χ4n) is 10.2. The summed E-state index contributed by atoms with van der Waals surface area (Å²) in [7, 11) is 0. The second-order valence-corrected chi connectivity index (χ2v) is 13.2. The van der Waals surface area contributed by atoms with Crippen LogP contribution in [0.3, 0.4) is 0 Å². The average Bonchev–Trinajstić information content (AvgIpc) is 3.39. The fourth-order valence-corrected chi connectivity index (χ4v) is 10.2. The number of ether oxygens (including phenoxy) is 2. The van der Waals surface area contributed by atoms with E-state index in [9.17, 15) is 19.1 Å². The van der Waals surface area contributed by atoms with Crippen LogP contribution in [0.4, 0.5) is 4.39 Å². The highest BCUT2D eigenvalue weighted by Gasteiger charge is 2.86. The molecule has 4 bridgehead atoms. The van der Waals surface area contributed by atoms with Crippen LogP contribution in [-0.4, -0.2) is 67.6 Å². The Morgan fingerprint density at radius 3 is 2.67 bits per heavy atom. The van der Waals surface area contributed by atoms with Crippen molar-refractivity contribution in [1.29, 1.82) is 0 Å². The summed E-state index contributed by atoms with van der Waals surface area (Å²) in [6, 6.07) is 0. The van der Waals surface area contributed by atoms with Crippen molar-refractivity contribution >= 4 is 12.3 Å². The summed E-state index contributed by atoms with van der Waals surface area (Å²) in [5.74, 6) is 0.486. The van der Waals surface area contributed by atoms with Gasteiger partial charge in [-0.15, -0.1) is 0 Å². The standard InChI is InChI=1S/C29H44FNO5/c1-17(2)24-8-21-9-27(15-32)23-7-6-19(4)22(23)10-28(21,29(24,27)26(33)34)16-35-25-14-31(12-18(3)11-30)13-20(5)36-25/h15,17,19-25H,3,6-14,16H2,1-2,4-5H3,(H,33,34)/t19-,20-,21+,22-,23-,24?,25-,27+,28+,29+/m1/s1. The highest BCUT2D eigenvalue weighted by molar-refractivity contribution is 5.86. The molecule has 1 unspecified atom stereocenters. The number of carboxylic acids is 1. The summed E-state index contributed by atoms with van der Waals surface area (Å²) in [6.45, 7) is 13.7. The summed E-state index contributed by atoms with van der Waals surface area (Å²) in [4.78, 5) is 28.8. The van der Waals surface area contributed by atoms with E-state index in [1.165, 1.54) is 0 Å². The van der Waals surface area contributed by atoms with Crippen LogP contribution in [0.5, 0.6) is 0 Å². The van der Waals surface area contributed by atoms with Crippen molar-refractivity contribution in [3.05, 3.63) is 12.2 Å². The molecule has 5 fully saturated rings. The third kappa shape index (κ3) is 3.37. The van der Waals surface area contributed by atoms with Crippen LogP contribution < -0.4 is 0 Å². The number of carbonyl (C=O) groups is 2. The van der Waals surface area contributed by atoms with E-state index in [2.05, 4.69) is 32.3 Å². The minimum Gasteiger partial charge on any atom is -0.481 e. The lowest BCUT2D eigenvalue weighted by molar-refractivity contribution is -0.242. The van der Waals surface area contributed by atoms with Gasteiger partial charge in [0, 0.05) is 30.5 Å². The summed E-state index contributed by atoms with van der Waals surface area (Å²) < 4.78 is 25.8. The van der Waals surface area contributed by atoms with Crippen LogP contribution in [0, 0.1) is 51.8 Å². The van der Waals surface area contributed by atoms with Crippen LogP contribution in [-0.2, 0) is 19.1 Å². The fraction of sp³-hybridized carbons (Fsp3) is 0.862. The number of rotatable bonds is 9. The van der Waals surface area contributed by atoms with Gasteiger partial charge in [-0.1, -0.05) is 33.8 Å². The molecule has 0 aromatic rings. The zero-order chi connectivity index (χ0) is 26.0. The molecule has 36 heavy (non-hydrogen) atoms. The number of nitrogens with zero attached hydrogens (tertiary/aromatic N) is 1. The lowest BCUT2D eigenvalue weighted by Crippen LogP contribution is -2.65. The Kier molecular flexibility index (Phi) is 6.69. The number of fused-ring (bicyclic) bond motifs is 2. The average molecular weight is 506 g/mol. The Balaban J connectivity index is 1.50. The molecule has 5 rings (SSSR count). The second-order valence-electron chi connectivity index (χ2n) is 13.2. The quantitative estimate of drug-likeness (QED) is 0.365. The van der Waals surface area contributed by atoms with Gasteiger partial charge in [-0.05, 0) is 73.7 Å². The molecular weight excluding hydrogens is 461 g/mol. The number of carbonyl (C=O) groups excluding carboxylic acids is 1. The molecule has 202 valence electrons. The van der Waals surface area contributed by atoms with Gasteiger partial charge in [-0.25, -0.2) is 4.39 Å². The predicted octanol–water partition coefficient (Wildman–Crippen LogP) is 4.58. The minimum absolute atomic E-state index is 0.0463. The van der Waals surface area contributed by atoms with Crippen molar-refractivity contribution in [2.75, 3.05) is 32.9 Å². The van der Waals surface area contributed by atoms with Gasteiger partial charge in [0.1, 0.15) is 13.0 Å². The van der Waals surface area contributed by atoms with Gasteiger partial charge in [0.05, 0.1) is 18.1 Å². The number of hydrogen-bond acceptors (Lipinski definition) is 5. The largest absolute Gasteiger partial charge is 0.481 e. The molecule has 4 aliphatic carbocycles. The van der Waals surface area contributed by atoms with Gasteiger partial charge < -0.3 is 19.4 Å². The van der Waals surface area contributed by atoms with Gasteiger partial charge in [0.25, 0.3) is 0 Å². The van der Waals surface area contributed by atoms with Gasteiger partial charge in [-0.2, -0.15) is 0 Å². The Morgan fingerprint density at radius 1 is 1.28 bits per heavy atom. The van der Waals surface area contributed by atoms with Crippen molar-refractivity contribution in [2.24, 2.45) is 51.8 Å². The van der Waals surface area contributed by atoms with E-state index in [1.807, 2.05) is 6.92 Å². The molecule has 5 aliphatic rings. The van der Waals surface area contributed by atoms with Crippen molar-refractivity contribution < 1.29 is 28.6 Å². The molecule has 0 aromatic carbocycles. The maximum atomic E-state index is 13.6. The third-order valence-corrected chi connectivity index (χ3v) is 11.2. The zero-order valence-corrected chi connectivity index (χ0v) is 22.4. The topological polar surface area (TPSA) is 76.1 Å². The second kappa shape index (κ2) is 9.16. The molecule has 1 heterocycles. The highest BCUT2D eigenvalue weighted by Crippen LogP contribution is 2.84. The minimum atomic E-state index is -1.10.